The summed E-state index contributed by atoms with van der Waals surface area (Å²) in [5.74, 6) is -1.25. The number of carbonyl (C=O) groups is 1. The van der Waals surface area contributed by atoms with Gasteiger partial charge in [-0.25, -0.2) is 18.0 Å². The Kier molecular flexibility index (Phi) is 4.39. The fourth-order valence-electron chi connectivity index (χ4n) is 2.37. The van der Waals surface area contributed by atoms with Gasteiger partial charge < -0.3 is 14.3 Å². The Bertz CT molecular complexity index is 1170. The predicted octanol–water partition coefficient (Wildman–Crippen LogP) is 2.30. The highest BCUT2D eigenvalue weighted by Gasteiger charge is 2.22. The van der Waals surface area contributed by atoms with E-state index in [4.69, 9.17) is 14.3 Å². The standard InChI is InChI=1S/C17H13NO7S/c1-24-14-5-2-11(17(20)21)9-15(14)26(22,23)18-12-4-6-13-10(8-12)3-7-16(19)25-13/h2-9,18H,1H3,(H,20,21). The van der Waals surface area contributed by atoms with Gasteiger partial charge in [0.15, 0.2) is 0 Å². The summed E-state index contributed by atoms with van der Waals surface area (Å²) < 4.78 is 37.8. The van der Waals surface area contributed by atoms with Crippen LogP contribution in [0.3, 0.4) is 0 Å². The van der Waals surface area contributed by atoms with Crippen molar-refractivity contribution < 1.29 is 27.5 Å². The smallest absolute Gasteiger partial charge is 0.336 e. The summed E-state index contributed by atoms with van der Waals surface area (Å²) in [6, 6.07) is 10.6. The van der Waals surface area contributed by atoms with Gasteiger partial charge in [0.05, 0.1) is 12.7 Å². The Balaban J connectivity index is 2.04. The maximum Gasteiger partial charge on any atom is 0.336 e. The molecule has 0 saturated heterocycles. The van der Waals surface area contributed by atoms with Crippen molar-refractivity contribution in [2.75, 3.05) is 11.8 Å². The summed E-state index contributed by atoms with van der Waals surface area (Å²) in [4.78, 5) is 22.0. The Hall–Kier alpha value is -3.33. The van der Waals surface area contributed by atoms with E-state index in [-0.39, 0.29) is 21.9 Å². The number of fused-ring (bicyclic) bond motifs is 1. The van der Waals surface area contributed by atoms with Gasteiger partial charge in [0.2, 0.25) is 0 Å². The molecule has 0 radical (unpaired) electrons. The summed E-state index contributed by atoms with van der Waals surface area (Å²) >= 11 is 0. The third kappa shape index (κ3) is 3.38. The first-order valence-electron chi connectivity index (χ1n) is 7.28. The van der Waals surface area contributed by atoms with Gasteiger partial charge in [-0.1, -0.05) is 0 Å². The fraction of sp³-hybridized carbons (Fsp3) is 0.0588. The summed E-state index contributed by atoms with van der Waals surface area (Å²) in [6.07, 6.45) is 0. The normalized spacial score (nSPS) is 11.3. The van der Waals surface area contributed by atoms with Crippen LogP contribution < -0.4 is 15.1 Å². The van der Waals surface area contributed by atoms with Gasteiger partial charge in [-0.15, -0.1) is 0 Å². The lowest BCUT2D eigenvalue weighted by atomic mass is 10.2. The zero-order chi connectivity index (χ0) is 18.9. The monoisotopic (exact) mass is 375 g/mol. The van der Waals surface area contributed by atoms with E-state index in [1.165, 1.54) is 49.6 Å². The average Bonchev–Trinajstić information content (AvgIpc) is 2.61. The molecule has 0 saturated carbocycles. The first-order valence-corrected chi connectivity index (χ1v) is 8.76. The van der Waals surface area contributed by atoms with Crippen molar-refractivity contribution in [3.63, 3.8) is 0 Å². The molecule has 1 aromatic heterocycles. The number of rotatable bonds is 5. The van der Waals surface area contributed by atoms with E-state index in [9.17, 15) is 18.0 Å². The lowest BCUT2D eigenvalue weighted by Crippen LogP contribution is -2.15. The molecule has 0 atom stereocenters. The number of ether oxygens (including phenoxy) is 1. The molecule has 0 aliphatic carbocycles. The van der Waals surface area contributed by atoms with Crippen molar-refractivity contribution in [2.24, 2.45) is 0 Å². The molecule has 1 heterocycles. The second-order valence-corrected chi connectivity index (χ2v) is 6.93. The molecule has 3 rings (SSSR count). The molecule has 0 amide bonds. The van der Waals surface area contributed by atoms with Crippen molar-refractivity contribution >= 4 is 32.6 Å². The topological polar surface area (TPSA) is 123 Å². The predicted molar refractivity (Wildman–Crippen MR) is 93.2 cm³/mol. The van der Waals surface area contributed by atoms with E-state index >= 15 is 0 Å². The molecule has 2 N–H and O–H groups in total. The number of benzene rings is 2. The SMILES string of the molecule is COc1ccc(C(=O)O)cc1S(=O)(=O)Nc1ccc2oc(=O)ccc2c1. The highest BCUT2D eigenvalue weighted by atomic mass is 32.2. The summed E-state index contributed by atoms with van der Waals surface area (Å²) in [5.41, 5.74) is -0.174. The maximum atomic E-state index is 12.7. The number of carboxylic acids is 1. The average molecular weight is 375 g/mol. The number of anilines is 1. The van der Waals surface area contributed by atoms with E-state index in [2.05, 4.69) is 4.72 Å². The largest absolute Gasteiger partial charge is 0.495 e. The minimum atomic E-state index is -4.12. The van der Waals surface area contributed by atoms with Crippen molar-refractivity contribution in [1.29, 1.82) is 0 Å². The van der Waals surface area contributed by atoms with E-state index in [0.717, 1.165) is 6.07 Å². The van der Waals surface area contributed by atoms with Crippen LogP contribution in [0.1, 0.15) is 10.4 Å². The second-order valence-electron chi connectivity index (χ2n) is 5.28. The van der Waals surface area contributed by atoms with E-state index in [1.54, 1.807) is 0 Å². The zero-order valence-corrected chi connectivity index (χ0v) is 14.2. The summed E-state index contributed by atoms with van der Waals surface area (Å²) in [7, 11) is -2.84. The van der Waals surface area contributed by atoms with E-state index in [1.807, 2.05) is 0 Å². The van der Waals surface area contributed by atoms with Crippen molar-refractivity contribution in [2.45, 2.75) is 4.90 Å². The van der Waals surface area contributed by atoms with Gasteiger partial charge in [-0.3, -0.25) is 4.72 Å². The van der Waals surface area contributed by atoms with Crippen LogP contribution in [0.5, 0.6) is 5.75 Å². The van der Waals surface area contributed by atoms with Crippen molar-refractivity contribution in [3.8, 4) is 5.75 Å². The van der Waals surface area contributed by atoms with Crippen LogP contribution in [-0.2, 0) is 10.0 Å². The van der Waals surface area contributed by atoms with Gasteiger partial charge in [0.1, 0.15) is 16.2 Å². The molecule has 0 fully saturated rings. The number of aromatic carboxylic acids is 1. The van der Waals surface area contributed by atoms with Crippen molar-refractivity contribution in [3.05, 3.63) is 64.5 Å². The number of hydrogen-bond donors (Lipinski definition) is 2. The lowest BCUT2D eigenvalue weighted by Gasteiger charge is -2.12. The number of hydrogen-bond acceptors (Lipinski definition) is 6. The minimum Gasteiger partial charge on any atom is -0.495 e. The zero-order valence-electron chi connectivity index (χ0n) is 13.4. The van der Waals surface area contributed by atoms with Gasteiger partial charge in [-0.2, -0.15) is 0 Å². The molecule has 0 spiro atoms. The highest BCUT2D eigenvalue weighted by Crippen LogP contribution is 2.28. The van der Waals surface area contributed by atoms with Gasteiger partial charge in [0.25, 0.3) is 10.0 Å². The van der Waals surface area contributed by atoms with Crippen LogP contribution >= 0.6 is 0 Å². The van der Waals surface area contributed by atoms with Crippen LogP contribution in [0.2, 0.25) is 0 Å². The van der Waals surface area contributed by atoms with Crippen LogP contribution in [-0.4, -0.2) is 26.6 Å². The fourth-order valence-corrected chi connectivity index (χ4v) is 3.61. The number of sulfonamides is 1. The Morgan fingerprint density at radius 3 is 2.58 bits per heavy atom. The Labute approximate surface area is 147 Å². The third-order valence-electron chi connectivity index (χ3n) is 3.57. The van der Waals surface area contributed by atoms with Gasteiger partial charge in [0, 0.05) is 17.1 Å². The number of methoxy groups -OCH3 is 1. The maximum absolute atomic E-state index is 12.7. The molecule has 3 aromatic rings. The van der Waals surface area contributed by atoms with E-state index in [0.29, 0.717) is 11.0 Å². The second kappa shape index (κ2) is 6.52. The van der Waals surface area contributed by atoms with Gasteiger partial charge >= 0.3 is 11.6 Å². The summed E-state index contributed by atoms with van der Waals surface area (Å²) in [5, 5.41) is 9.60. The molecule has 0 bridgehead atoms. The van der Waals surface area contributed by atoms with Crippen molar-refractivity contribution in [1.82, 2.24) is 0 Å². The third-order valence-corrected chi connectivity index (χ3v) is 4.97. The van der Waals surface area contributed by atoms with Crippen LogP contribution in [0, 0.1) is 0 Å². The Morgan fingerprint density at radius 2 is 1.88 bits per heavy atom. The quantitative estimate of drug-likeness (QED) is 0.656. The molecule has 8 nitrogen and oxygen atoms in total. The summed E-state index contributed by atoms with van der Waals surface area (Å²) in [6.45, 7) is 0. The van der Waals surface area contributed by atoms with Crippen LogP contribution in [0.4, 0.5) is 5.69 Å². The molecular formula is C17H13NO7S. The van der Waals surface area contributed by atoms with Crippen LogP contribution in [0.25, 0.3) is 11.0 Å². The molecule has 26 heavy (non-hydrogen) atoms. The number of carboxylic acid groups (broad SMARTS) is 1. The highest BCUT2D eigenvalue weighted by molar-refractivity contribution is 7.92. The molecular weight excluding hydrogens is 362 g/mol. The van der Waals surface area contributed by atoms with Crippen LogP contribution in [0.15, 0.2) is 62.6 Å². The molecule has 9 heteroatoms. The molecule has 0 unspecified atom stereocenters. The van der Waals surface area contributed by atoms with Gasteiger partial charge in [-0.05, 0) is 42.5 Å². The minimum absolute atomic E-state index is 0.00860. The first kappa shape index (κ1) is 17.5. The number of nitrogens with one attached hydrogen (secondary N) is 1. The lowest BCUT2D eigenvalue weighted by molar-refractivity contribution is 0.0696. The molecule has 0 aliphatic rings. The first-order chi connectivity index (χ1) is 12.3. The van der Waals surface area contributed by atoms with E-state index < -0.39 is 21.6 Å². The molecule has 134 valence electrons. The molecule has 2 aromatic carbocycles. The Morgan fingerprint density at radius 1 is 1.12 bits per heavy atom. The molecule has 0 aliphatic heterocycles.